The SMILES string of the molecule is COC(=O)c1cc(NC(=O)C(C)Oc2ccc(N(C)S(C)(=O)=O)cc2)ccc1Cl. The lowest BCUT2D eigenvalue weighted by Crippen LogP contribution is -2.30. The normalized spacial score (nSPS) is 12.0. The van der Waals surface area contributed by atoms with Crippen molar-refractivity contribution < 1.29 is 27.5 Å². The maximum atomic E-state index is 12.4. The topological polar surface area (TPSA) is 102 Å². The van der Waals surface area contributed by atoms with Gasteiger partial charge in [-0.2, -0.15) is 0 Å². The second-order valence-electron chi connectivity index (χ2n) is 6.16. The minimum absolute atomic E-state index is 0.131. The van der Waals surface area contributed by atoms with Gasteiger partial charge >= 0.3 is 5.97 Å². The van der Waals surface area contributed by atoms with Crippen LogP contribution < -0.4 is 14.4 Å². The number of carbonyl (C=O) groups excluding carboxylic acids is 2. The Bertz CT molecular complexity index is 1010. The number of halogens is 1. The van der Waals surface area contributed by atoms with E-state index in [1.54, 1.807) is 37.3 Å². The van der Waals surface area contributed by atoms with Crippen LogP contribution >= 0.6 is 11.6 Å². The molecule has 156 valence electrons. The van der Waals surface area contributed by atoms with E-state index in [-0.39, 0.29) is 10.6 Å². The molecule has 8 nitrogen and oxygen atoms in total. The van der Waals surface area contributed by atoms with Crippen molar-refractivity contribution >= 4 is 44.9 Å². The van der Waals surface area contributed by atoms with E-state index in [2.05, 4.69) is 10.1 Å². The summed E-state index contributed by atoms with van der Waals surface area (Å²) in [6.07, 6.45) is 0.248. The van der Waals surface area contributed by atoms with Gasteiger partial charge in [0.2, 0.25) is 10.0 Å². The summed E-state index contributed by atoms with van der Waals surface area (Å²) in [6.45, 7) is 1.56. The summed E-state index contributed by atoms with van der Waals surface area (Å²) >= 11 is 5.96. The zero-order valence-electron chi connectivity index (χ0n) is 16.3. The molecular weight excluding hydrogens is 420 g/mol. The summed E-state index contributed by atoms with van der Waals surface area (Å²) in [4.78, 5) is 24.1. The van der Waals surface area contributed by atoms with Crippen LogP contribution in [0.25, 0.3) is 0 Å². The van der Waals surface area contributed by atoms with Gasteiger partial charge in [0.1, 0.15) is 5.75 Å². The fraction of sp³-hybridized carbons (Fsp3) is 0.263. The standard InChI is InChI=1S/C19H21ClN2O6S/c1-12(28-15-8-6-14(7-9-15)22(2)29(4,25)26)18(23)21-13-5-10-17(20)16(11-13)19(24)27-3/h5-12H,1-4H3,(H,21,23). The number of carbonyl (C=O) groups is 2. The third-order valence-corrected chi connectivity index (χ3v) is 5.55. The highest BCUT2D eigenvalue weighted by atomic mass is 35.5. The minimum Gasteiger partial charge on any atom is -0.481 e. The number of sulfonamides is 1. The molecule has 0 aliphatic rings. The van der Waals surface area contributed by atoms with E-state index in [1.165, 1.54) is 26.3 Å². The predicted octanol–water partition coefficient (Wildman–Crippen LogP) is 2.93. The van der Waals surface area contributed by atoms with E-state index in [4.69, 9.17) is 16.3 Å². The number of esters is 1. The van der Waals surface area contributed by atoms with Gasteiger partial charge in [-0.15, -0.1) is 0 Å². The minimum atomic E-state index is -3.37. The Morgan fingerprint density at radius 2 is 1.76 bits per heavy atom. The van der Waals surface area contributed by atoms with Gasteiger partial charge in [-0.05, 0) is 49.4 Å². The molecule has 2 rings (SSSR count). The first-order chi connectivity index (χ1) is 13.5. The van der Waals surface area contributed by atoms with E-state index in [1.807, 2.05) is 0 Å². The summed E-state index contributed by atoms with van der Waals surface area (Å²) in [6, 6.07) is 10.7. The third kappa shape index (κ3) is 5.85. The molecule has 2 aromatic carbocycles. The van der Waals surface area contributed by atoms with Crippen molar-refractivity contribution in [3.8, 4) is 5.75 Å². The molecule has 1 unspecified atom stereocenters. The van der Waals surface area contributed by atoms with Crippen LogP contribution in [0.1, 0.15) is 17.3 Å². The smallest absolute Gasteiger partial charge is 0.339 e. The number of hydrogen-bond donors (Lipinski definition) is 1. The molecule has 0 fully saturated rings. The molecule has 0 aromatic heterocycles. The first-order valence-electron chi connectivity index (χ1n) is 8.42. The first kappa shape index (κ1) is 22.5. The first-order valence-corrected chi connectivity index (χ1v) is 10.6. The molecule has 0 aliphatic heterocycles. The number of hydrogen-bond acceptors (Lipinski definition) is 6. The van der Waals surface area contributed by atoms with Gasteiger partial charge < -0.3 is 14.8 Å². The Morgan fingerprint density at radius 1 is 1.14 bits per heavy atom. The van der Waals surface area contributed by atoms with Gasteiger partial charge in [-0.25, -0.2) is 13.2 Å². The lowest BCUT2D eigenvalue weighted by atomic mass is 10.2. The molecule has 1 amide bonds. The maximum Gasteiger partial charge on any atom is 0.339 e. The summed E-state index contributed by atoms with van der Waals surface area (Å²) in [7, 11) is -0.693. The molecule has 1 N–H and O–H groups in total. The van der Waals surface area contributed by atoms with Crippen LogP contribution in [0.15, 0.2) is 42.5 Å². The quantitative estimate of drug-likeness (QED) is 0.664. The highest BCUT2D eigenvalue weighted by Gasteiger charge is 2.18. The molecule has 1 atom stereocenters. The second-order valence-corrected chi connectivity index (χ2v) is 8.58. The van der Waals surface area contributed by atoms with Crippen molar-refractivity contribution in [1.29, 1.82) is 0 Å². The zero-order valence-corrected chi connectivity index (χ0v) is 17.9. The molecule has 0 heterocycles. The molecule has 0 saturated carbocycles. The molecule has 29 heavy (non-hydrogen) atoms. The number of amides is 1. The fourth-order valence-corrected chi connectivity index (χ4v) is 3.00. The summed E-state index contributed by atoms with van der Waals surface area (Å²) < 4.78 is 34.5. The lowest BCUT2D eigenvalue weighted by Gasteiger charge is -2.18. The molecule has 2 aromatic rings. The van der Waals surface area contributed by atoms with Crippen LogP contribution in [0.4, 0.5) is 11.4 Å². The van der Waals surface area contributed by atoms with Crippen molar-refractivity contribution in [3.63, 3.8) is 0 Å². The van der Waals surface area contributed by atoms with Crippen molar-refractivity contribution in [2.75, 3.05) is 30.0 Å². The van der Waals surface area contributed by atoms with Crippen molar-refractivity contribution in [3.05, 3.63) is 53.1 Å². The summed E-state index contributed by atoms with van der Waals surface area (Å²) in [5.41, 5.74) is 0.958. The van der Waals surface area contributed by atoms with E-state index in [0.717, 1.165) is 10.6 Å². The van der Waals surface area contributed by atoms with E-state index < -0.39 is 28.0 Å². The number of methoxy groups -OCH3 is 1. The van der Waals surface area contributed by atoms with Gasteiger partial charge in [0.25, 0.3) is 5.91 Å². The molecule has 0 saturated heterocycles. The molecule has 0 radical (unpaired) electrons. The fourth-order valence-electron chi connectivity index (χ4n) is 2.30. The van der Waals surface area contributed by atoms with Crippen LogP contribution in [0, 0.1) is 0 Å². The molecule has 10 heteroatoms. The van der Waals surface area contributed by atoms with Crippen LogP contribution in [0.2, 0.25) is 5.02 Å². The van der Waals surface area contributed by atoms with Gasteiger partial charge in [-0.1, -0.05) is 11.6 Å². The Morgan fingerprint density at radius 3 is 2.31 bits per heavy atom. The lowest BCUT2D eigenvalue weighted by molar-refractivity contribution is -0.122. The zero-order chi connectivity index (χ0) is 21.8. The molecule has 0 bridgehead atoms. The monoisotopic (exact) mass is 440 g/mol. The summed E-state index contributed by atoms with van der Waals surface area (Å²) in [5.74, 6) is -0.667. The Labute approximate surface area is 174 Å². The van der Waals surface area contributed by atoms with Gasteiger partial charge in [0, 0.05) is 12.7 Å². The Kier molecular flexibility index (Phi) is 7.10. The summed E-state index contributed by atoms with van der Waals surface area (Å²) in [5, 5.41) is 2.85. The number of ether oxygens (including phenoxy) is 2. The van der Waals surface area contributed by atoms with E-state index in [0.29, 0.717) is 17.1 Å². The van der Waals surface area contributed by atoms with Gasteiger partial charge in [0.05, 0.1) is 29.6 Å². The number of anilines is 2. The highest BCUT2D eigenvalue weighted by molar-refractivity contribution is 7.92. The maximum absolute atomic E-state index is 12.4. The number of benzene rings is 2. The van der Waals surface area contributed by atoms with Crippen LogP contribution in [0.3, 0.4) is 0 Å². The van der Waals surface area contributed by atoms with Crippen molar-refractivity contribution in [2.24, 2.45) is 0 Å². The third-order valence-electron chi connectivity index (χ3n) is 4.02. The Balaban J connectivity index is 2.05. The Hall–Kier alpha value is -2.78. The largest absolute Gasteiger partial charge is 0.481 e. The molecule has 0 spiro atoms. The number of rotatable bonds is 7. The number of nitrogens with one attached hydrogen (secondary N) is 1. The van der Waals surface area contributed by atoms with Crippen LogP contribution in [-0.4, -0.2) is 46.8 Å². The van der Waals surface area contributed by atoms with E-state index >= 15 is 0 Å². The van der Waals surface area contributed by atoms with Crippen molar-refractivity contribution in [2.45, 2.75) is 13.0 Å². The van der Waals surface area contributed by atoms with Crippen molar-refractivity contribution in [1.82, 2.24) is 0 Å². The van der Waals surface area contributed by atoms with Crippen LogP contribution in [0.5, 0.6) is 5.75 Å². The second kappa shape index (κ2) is 9.15. The molecule has 0 aliphatic carbocycles. The van der Waals surface area contributed by atoms with Gasteiger partial charge in [-0.3, -0.25) is 9.10 Å². The van der Waals surface area contributed by atoms with Gasteiger partial charge in [0.15, 0.2) is 6.10 Å². The van der Waals surface area contributed by atoms with Crippen LogP contribution in [-0.2, 0) is 19.6 Å². The predicted molar refractivity (Wildman–Crippen MR) is 111 cm³/mol. The average molecular weight is 441 g/mol. The molecular formula is C19H21ClN2O6S. The number of nitrogens with zero attached hydrogens (tertiary/aromatic N) is 1. The average Bonchev–Trinajstić information content (AvgIpc) is 2.68. The highest BCUT2D eigenvalue weighted by Crippen LogP contribution is 2.23. The van der Waals surface area contributed by atoms with E-state index in [9.17, 15) is 18.0 Å².